The van der Waals surface area contributed by atoms with E-state index in [1.807, 2.05) is 55.7 Å². The minimum atomic E-state index is -0.699. The monoisotopic (exact) mass is 408 g/mol. The van der Waals surface area contributed by atoms with Gasteiger partial charge in [-0.2, -0.15) is 0 Å². The number of aromatic nitrogens is 2. The van der Waals surface area contributed by atoms with Gasteiger partial charge in [0.05, 0.1) is 16.6 Å². The average Bonchev–Trinajstić information content (AvgIpc) is 3.05. The minimum absolute atomic E-state index is 0.257. The summed E-state index contributed by atoms with van der Waals surface area (Å²) in [6.07, 6.45) is 0. The summed E-state index contributed by atoms with van der Waals surface area (Å²) in [5.74, 6) is -0.322. The molecule has 8 heteroatoms. The number of para-hydroxylation sites is 1. The summed E-state index contributed by atoms with van der Waals surface area (Å²) in [6.45, 7) is 5.65. The van der Waals surface area contributed by atoms with Gasteiger partial charge in [-0.1, -0.05) is 32.0 Å². The Balaban J connectivity index is 1.65. The number of hydrogen-bond donors (Lipinski definition) is 2. The number of nitrogens with zero attached hydrogens (tertiary/aromatic N) is 2. The predicted molar refractivity (Wildman–Crippen MR) is 112 cm³/mol. The van der Waals surface area contributed by atoms with Crippen molar-refractivity contribution in [1.29, 1.82) is 0 Å². The Morgan fingerprint density at radius 1 is 1.10 bits per heavy atom. The van der Waals surface area contributed by atoms with Crippen molar-refractivity contribution in [3.8, 4) is 5.69 Å². The Bertz CT molecular complexity index is 1070. The molecular weight excluding hydrogens is 384 g/mol. The Labute approximate surface area is 174 Å². The third-order valence-electron chi connectivity index (χ3n) is 4.33. The number of ether oxygens (including phenoxy) is 1. The molecule has 1 heterocycles. The van der Waals surface area contributed by atoms with Crippen LogP contribution < -0.4 is 10.6 Å². The van der Waals surface area contributed by atoms with Gasteiger partial charge in [0.15, 0.2) is 6.61 Å². The van der Waals surface area contributed by atoms with Crippen molar-refractivity contribution in [2.24, 2.45) is 5.92 Å². The molecule has 30 heavy (non-hydrogen) atoms. The third kappa shape index (κ3) is 5.02. The van der Waals surface area contributed by atoms with E-state index in [1.54, 1.807) is 18.2 Å². The van der Waals surface area contributed by atoms with Crippen LogP contribution in [0, 0.1) is 12.8 Å². The lowest BCUT2D eigenvalue weighted by Crippen LogP contribution is -2.42. The maximum absolute atomic E-state index is 12.3. The normalized spacial score (nSPS) is 10.8. The van der Waals surface area contributed by atoms with Crippen LogP contribution >= 0.6 is 0 Å². The van der Waals surface area contributed by atoms with Crippen molar-refractivity contribution in [2.45, 2.75) is 20.8 Å². The third-order valence-corrected chi connectivity index (χ3v) is 4.33. The number of aryl methyl sites for hydroxylation is 1. The molecule has 0 spiro atoms. The first-order chi connectivity index (χ1) is 14.3. The lowest BCUT2D eigenvalue weighted by atomic mass is 10.2. The number of imide groups is 1. The number of benzene rings is 2. The van der Waals surface area contributed by atoms with E-state index in [0.717, 1.165) is 17.0 Å². The van der Waals surface area contributed by atoms with Gasteiger partial charge in [0.2, 0.25) is 0 Å². The van der Waals surface area contributed by atoms with Crippen LogP contribution in [0.1, 0.15) is 30.0 Å². The van der Waals surface area contributed by atoms with Gasteiger partial charge in [0, 0.05) is 12.2 Å². The van der Waals surface area contributed by atoms with Crippen molar-refractivity contribution >= 4 is 28.9 Å². The molecule has 156 valence electrons. The number of nitrogens with one attached hydrogen (secondary N) is 2. The molecule has 2 aromatic carbocycles. The highest BCUT2D eigenvalue weighted by molar-refractivity contribution is 5.98. The standard InChI is InChI=1S/C22H24N4O4/c1-14(2)12-23-22(29)25-20(27)13-30-21(28)16-9-10-19-18(11-16)24-15(3)26(19)17-7-5-4-6-8-17/h4-11,14H,12-13H2,1-3H3,(H2,23,25,27,29). The minimum Gasteiger partial charge on any atom is -0.452 e. The molecule has 0 saturated carbocycles. The number of carbonyl (C=O) groups excluding carboxylic acids is 3. The number of rotatable bonds is 6. The lowest BCUT2D eigenvalue weighted by molar-refractivity contribution is -0.123. The summed E-state index contributed by atoms with van der Waals surface area (Å²) in [5.41, 5.74) is 2.75. The van der Waals surface area contributed by atoms with E-state index in [1.165, 1.54) is 0 Å². The highest BCUT2D eigenvalue weighted by Gasteiger charge is 2.15. The Hall–Kier alpha value is -3.68. The summed E-state index contributed by atoms with van der Waals surface area (Å²) in [6, 6.07) is 14.2. The second-order valence-corrected chi connectivity index (χ2v) is 7.26. The first kappa shape index (κ1) is 21.0. The molecule has 0 atom stereocenters. The van der Waals surface area contributed by atoms with Gasteiger partial charge in [0.25, 0.3) is 5.91 Å². The van der Waals surface area contributed by atoms with Crippen LogP contribution in [0.2, 0.25) is 0 Å². The molecule has 0 aliphatic carbocycles. The van der Waals surface area contributed by atoms with E-state index in [-0.39, 0.29) is 11.5 Å². The molecule has 0 unspecified atom stereocenters. The number of urea groups is 1. The number of hydrogen-bond acceptors (Lipinski definition) is 5. The Kier molecular flexibility index (Phi) is 6.46. The molecule has 1 aromatic heterocycles. The van der Waals surface area contributed by atoms with E-state index in [0.29, 0.717) is 12.1 Å². The van der Waals surface area contributed by atoms with Gasteiger partial charge in [-0.05, 0) is 43.2 Å². The van der Waals surface area contributed by atoms with Crippen LogP contribution in [0.15, 0.2) is 48.5 Å². The summed E-state index contributed by atoms with van der Waals surface area (Å²) in [7, 11) is 0. The van der Waals surface area contributed by atoms with Crippen LogP contribution in [-0.2, 0) is 9.53 Å². The first-order valence-electron chi connectivity index (χ1n) is 9.64. The maximum atomic E-state index is 12.3. The predicted octanol–water partition coefficient (Wildman–Crippen LogP) is 2.97. The molecular formula is C22H24N4O4. The Morgan fingerprint density at radius 2 is 1.83 bits per heavy atom. The van der Waals surface area contributed by atoms with Crippen LogP contribution in [0.25, 0.3) is 16.7 Å². The molecule has 2 N–H and O–H groups in total. The summed E-state index contributed by atoms with van der Waals surface area (Å²) in [5, 5.41) is 4.67. The fourth-order valence-electron chi connectivity index (χ4n) is 2.95. The number of amides is 3. The molecule has 8 nitrogen and oxygen atoms in total. The molecule has 0 aliphatic rings. The Morgan fingerprint density at radius 3 is 2.53 bits per heavy atom. The van der Waals surface area contributed by atoms with E-state index in [2.05, 4.69) is 15.6 Å². The fourth-order valence-corrected chi connectivity index (χ4v) is 2.95. The molecule has 3 aromatic rings. The molecule has 3 rings (SSSR count). The number of esters is 1. The number of carbonyl (C=O) groups is 3. The fraction of sp³-hybridized carbons (Fsp3) is 0.273. The van der Waals surface area contributed by atoms with Crippen LogP contribution in [-0.4, -0.2) is 40.6 Å². The SMILES string of the molecule is Cc1nc2cc(C(=O)OCC(=O)NC(=O)NCC(C)C)ccc2n1-c1ccccc1. The molecule has 0 saturated heterocycles. The molecule has 0 radical (unpaired) electrons. The maximum Gasteiger partial charge on any atom is 0.338 e. The molecule has 3 amide bonds. The van der Waals surface area contributed by atoms with Gasteiger partial charge in [-0.15, -0.1) is 0 Å². The van der Waals surface area contributed by atoms with E-state index in [9.17, 15) is 14.4 Å². The average molecular weight is 408 g/mol. The topological polar surface area (TPSA) is 102 Å². The second-order valence-electron chi connectivity index (χ2n) is 7.26. The van der Waals surface area contributed by atoms with Crippen molar-refractivity contribution in [2.75, 3.05) is 13.2 Å². The molecule has 0 aliphatic heterocycles. The lowest BCUT2D eigenvalue weighted by Gasteiger charge is -2.09. The number of fused-ring (bicyclic) bond motifs is 1. The van der Waals surface area contributed by atoms with Crippen LogP contribution in [0.4, 0.5) is 4.79 Å². The van der Waals surface area contributed by atoms with Gasteiger partial charge >= 0.3 is 12.0 Å². The quantitative estimate of drug-likeness (QED) is 0.611. The first-order valence-corrected chi connectivity index (χ1v) is 9.64. The molecule has 0 fully saturated rings. The van der Waals surface area contributed by atoms with E-state index >= 15 is 0 Å². The zero-order chi connectivity index (χ0) is 21.7. The highest BCUT2D eigenvalue weighted by Crippen LogP contribution is 2.22. The van der Waals surface area contributed by atoms with Crippen LogP contribution in [0.3, 0.4) is 0 Å². The van der Waals surface area contributed by atoms with Gasteiger partial charge in [-0.25, -0.2) is 14.6 Å². The summed E-state index contributed by atoms with van der Waals surface area (Å²) >= 11 is 0. The zero-order valence-corrected chi connectivity index (χ0v) is 17.1. The van der Waals surface area contributed by atoms with Crippen molar-refractivity contribution in [1.82, 2.24) is 20.2 Å². The van der Waals surface area contributed by atoms with Crippen molar-refractivity contribution < 1.29 is 19.1 Å². The smallest absolute Gasteiger partial charge is 0.338 e. The summed E-state index contributed by atoms with van der Waals surface area (Å²) in [4.78, 5) is 40.2. The van der Waals surface area contributed by atoms with E-state index in [4.69, 9.17) is 4.74 Å². The van der Waals surface area contributed by atoms with Gasteiger partial charge < -0.3 is 10.1 Å². The van der Waals surface area contributed by atoms with Crippen molar-refractivity contribution in [3.05, 3.63) is 59.9 Å². The largest absolute Gasteiger partial charge is 0.452 e. The highest BCUT2D eigenvalue weighted by atomic mass is 16.5. The van der Waals surface area contributed by atoms with E-state index < -0.39 is 24.5 Å². The van der Waals surface area contributed by atoms with Gasteiger partial charge in [-0.3, -0.25) is 14.7 Å². The zero-order valence-electron chi connectivity index (χ0n) is 17.1. The number of imidazole rings is 1. The second kappa shape index (κ2) is 9.21. The van der Waals surface area contributed by atoms with Gasteiger partial charge in [0.1, 0.15) is 5.82 Å². The van der Waals surface area contributed by atoms with Crippen molar-refractivity contribution in [3.63, 3.8) is 0 Å². The summed E-state index contributed by atoms with van der Waals surface area (Å²) < 4.78 is 7.02. The van der Waals surface area contributed by atoms with Crippen LogP contribution in [0.5, 0.6) is 0 Å². The molecule has 0 bridgehead atoms.